The second-order valence-corrected chi connectivity index (χ2v) is 6.19. The van der Waals surface area contributed by atoms with Crippen molar-refractivity contribution < 1.29 is 0 Å². The van der Waals surface area contributed by atoms with Crippen LogP contribution in [0, 0.1) is 0 Å². The summed E-state index contributed by atoms with van der Waals surface area (Å²) in [5.41, 5.74) is 2.64. The van der Waals surface area contributed by atoms with E-state index in [1.54, 1.807) is 0 Å². The molecule has 17 heavy (non-hydrogen) atoms. The summed E-state index contributed by atoms with van der Waals surface area (Å²) in [7, 11) is 3.23. The number of rotatable bonds is 2. The second kappa shape index (κ2) is 4.83. The van der Waals surface area contributed by atoms with Crippen molar-refractivity contribution in [1.82, 2.24) is 0 Å². The van der Waals surface area contributed by atoms with Gasteiger partial charge >= 0.3 is 0 Å². The van der Waals surface area contributed by atoms with Crippen LogP contribution in [0.15, 0.2) is 66.7 Å². The Morgan fingerprint density at radius 1 is 0.706 bits per heavy atom. The Labute approximate surface area is 106 Å². The van der Waals surface area contributed by atoms with Crippen LogP contribution < -0.4 is 0 Å². The maximum Gasteiger partial charge on any atom is 0.0399 e. The maximum absolute atomic E-state index is 2.30. The molecule has 0 unspecified atom stereocenters. The molecule has 0 aliphatic rings. The lowest BCUT2D eigenvalue weighted by Gasteiger charge is -1.96. The van der Waals surface area contributed by atoms with E-state index in [2.05, 4.69) is 66.7 Å². The highest BCUT2D eigenvalue weighted by molar-refractivity contribution is 7.83. The van der Waals surface area contributed by atoms with Crippen LogP contribution in [0.2, 0.25) is 0 Å². The number of hydrogen-bond donors (Lipinski definition) is 0. The van der Waals surface area contributed by atoms with Gasteiger partial charge < -0.3 is 0 Å². The van der Waals surface area contributed by atoms with Crippen LogP contribution in [0.5, 0.6) is 0 Å². The van der Waals surface area contributed by atoms with Gasteiger partial charge in [0.05, 0.1) is 0 Å². The Morgan fingerprint density at radius 3 is 1.94 bits per heavy atom. The lowest BCUT2D eigenvalue weighted by molar-refractivity contribution is 1.68. The Kier molecular flexibility index (Phi) is 3.04. The Bertz CT molecular complexity index is 545. The van der Waals surface area contributed by atoms with Gasteiger partial charge in [-0.05, 0) is 24.6 Å². The van der Waals surface area contributed by atoms with E-state index in [4.69, 9.17) is 0 Å². The summed E-state index contributed by atoms with van der Waals surface area (Å²) in [4.78, 5) is 1.37. The zero-order valence-electron chi connectivity index (χ0n) is 9.21. The molecular weight excluding hydrogens is 243 g/mol. The number of benzene rings is 2. The topological polar surface area (TPSA) is 0 Å². The van der Waals surface area contributed by atoms with Crippen LogP contribution >= 0.6 is 18.3 Å². The summed E-state index contributed by atoms with van der Waals surface area (Å²) < 4.78 is 0. The van der Waals surface area contributed by atoms with Crippen molar-refractivity contribution in [3.05, 3.63) is 66.7 Å². The molecule has 0 bridgehead atoms. The molecule has 0 radical (unpaired) electrons. The van der Waals surface area contributed by atoms with Crippen LogP contribution in [-0.2, 0) is 0 Å². The van der Waals surface area contributed by atoms with Crippen LogP contribution in [0.4, 0.5) is 0 Å². The predicted octanol–water partition coefficient (Wildman–Crippen LogP) is 5.66. The summed E-state index contributed by atoms with van der Waals surface area (Å²) in [5.74, 6) is 0. The predicted molar refractivity (Wildman–Crippen MR) is 77.7 cm³/mol. The molecule has 0 fully saturated rings. The van der Waals surface area contributed by atoms with Gasteiger partial charge in [0.2, 0.25) is 0 Å². The summed E-state index contributed by atoms with van der Waals surface area (Å²) in [6, 6.07) is 23.5. The standard InChI is InChI=1S/C15H11PS/c1-3-7-12(8-4-1)14-11-15(17-16-14)13-9-5-2-6-10-13/h1-11H. The summed E-state index contributed by atoms with van der Waals surface area (Å²) >= 11 is 0. The molecule has 0 saturated heterocycles. The van der Waals surface area contributed by atoms with E-state index in [-0.39, 0.29) is 0 Å². The van der Waals surface area contributed by atoms with E-state index in [9.17, 15) is 0 Å². The highest BCUT2D eigenvalue weighted by Crippen LogP contribution is 2.40. The van der Waals surface area contributed by atoms with Gasteiger partial charge in [-0.15, -0.1) is 10.9 Å². The van der Waals surface area contributed by atoms with E-state index < -0.39 is 0 Å². The van der Waals surface area contributed by atoms with Gasteiger partial charge in [-0.3, -0.25) is 0 Å². The Hall–Kier alpha value is -1.43. The molecular formula is C15H11PS. The Balaban J connectivity index is 1.99. The molecule has 1 aromatic heterocycles. The lowest BCUT2D eigenvalue weighted by Crippen LogP contribution is -1.71. The van der Waals surface area contributed by atoms with Crippen molar-refractivity contribution in [3.63, 3.8) is 0 Å². The van der Waals surface area contributed by atoms with Crippen molar-refractivity contribution >= 4 is 18.3 Å². The average Bonchev–Trinajstić information content (AvgIpc) is 2.90. The smallest absolute Gasteiger partial charge is 0.0399 e. The molecule has 0 N–H and O–H groups in total. The first-order valence-electron chi connectivity index (χ1n) is 5.51. The second-order valence-electron chi connectivity index (χ2n) is 3.81. The molecule has 0 aliphatic carbocycles. The molecule has 3 aromatic rings. The molecule has 2 heteroatoms. The zero-order chi connectivity index (χ0) is 11.5. The van der Waals surface area contributed by atoms with Gasteiger partial charge in [0, 0.05) is 10.2 Å². The van der Waals surface area contributed by atoms with E-state index in [1.807, 2.05) is 10.9 Å². The van der Waals surface area contributed by atoms with Crippen molar-refractivity contribution in [3.8, 4) is 21.3 Å². The molecule has 0 amide bonds. The minimum Gasteiger partial charge on any atom is -0.112 e. The van der Waals surface area contributed by atoms with Crippen molar-refractivity contribution in [2.45, 2.75) is 0 Å². The molecule has 0 atom stereocenters. The first kappa shape index (κ1) is 10.7. The molecule has 3 rings (SSSR count). The summed E-state index contributed by atoms with van der Waals surface area (Å²) in [5, 5.41) is 1.40. The van der Waals surface area contributed by atoms with Crippen molar-refractivity contribution in [2.24, 2.45) is 0 Å². The molecule has 2 aromatic carbocycles. The first-order valence-corrected chi connectivity index (χ1v) is 7.83. The lowest BCUT2D eigenvalue weighted by atomic mass is 10.1. The minimum absolute atomic E-state index is 1.32. The van der Waals surface area contributed by atoms with E-state index in [1.165, 1.54) is 28.7 Å². The van der Waals surface area contributed by atoms with Crippen LogP contribution in [0.1, 0.15) is 0 Å². The molecule has 1 heterocycles. The van der Waals surface area contributed by atoms with E-state index in [0.717, 1.165) is 0 Å². The molecule has 82 valence electrons. The van der Waals surface area contributed by atoms with Crippen molar-refractivity contribution in [2.75, 3.05) is 0 Å². The van der Waals surface area contributed by atoms with E-state index >= 15 is 0 Å². The fourth-order valence-electron chi connectivity index (χ4n) is 1.76. The fourth-order valence-corrected chi connectivity index (χ4v) is 4.43. The normalized spacial score (nSPS) is 10.8. The van der Waals surface area contributed by atoms with Crippen LogP contribution in [-0.4, -0.2) is 0 Å². The van der Waals surface area contributed by atoms with Crippen LogP contribution in [0.25, 0.3) is 21.3 Å². The number of hydrogen-bond acceptors (Lipinski definition) is 1. The quantitative estimate of drug-likeness (QED) is 0.553. The van der Waals surface area contributed by atoms with Gasteiger partial charge in [0.25, 0.3) is 0 Å². The summed E-state index contributed by atoms with van der Waals surface area (Å²) in [6.07, 6.45) is 0. The largest absolute Gasteiger partial charge is 0.112 e. The zero-order valence-corrected chi connectivity index (χ0v) is 10.9. The third-order valence-electron chi connectivity index (χ3n) is 2.64. The van der Waals surface area contributed by atoms with Gasteiger partial charge in [-0.2, -0.15) is 0 Å². The minimum atomic E-state index is 1.32. The molecule has 0 aliphatic heterocycles. The monoisotopic (exact) mass is 254 g/mol. The molecule has 0 nitrogen and oxygen atoms in total. The van der Waals surface area contributed by atoms with Gasteiger partial charge in [-0.1, -0.05) is 60.7 Å². The third kappa shape index (κ3) is 2.31. The Morgan fingerprint density at radius 2 is 1.29 bits per heavy atom. The van der Waals surface area contributed by atoms with E-state index in [0.29, 0.717) is 0 Å². The molecule has 0 spiro atoms. The SMILES string of the molecule is c1ccc(-c2cc(-c3ccccc3)sp2)cc1. The van der Waals surface area contributed by atoms with Gasteiger partial charge in [0.15, 0.2) is 0 Å². The summed E-state index contributed by atoms with van der Waals surface area (Å²) in [6.45, 7) is 0. The van der Waals surface area contributed by atoms with Crippen LogP contribution in [0.3, 0.4) is 0 Å². The van der Waals surface area contributed by atoms with Gasteiger partial charge in [0.1, 0.15) is 0 Å². The maximum atomic E-state index is 2.30. The highest BCUT2D eigenvalue weighted by Gasteiger charge is 2.04. The van der Waals surface area contributed by atoms with Crippen molar-refractivity contribution in [1.29, 1.82) is 0 Å². The molecule has 0 saturated carbocycles. The fraction of sp³-hybridized carbons (Fsp3) is 0. The average molecular weight is 254 g/mol. The first-order chi connectivity index (χ1) is 8.43. The third-order valence-corrected chi connectivity index (χ3v) is 5.32. The highest BCUT2D eigenvalue weighted by atomic mass is 32.5. The van der Waals surface area contributed by atoms with Gasteiger partial charge in [-0.25, -0.2) is 0 Å².